The number of benzene rings is 1. The summed E-state index contributed by atoms with van der Waals surface area (Å²) in [7, 11) is 0. The summed E-state index contributed by atoms with van der Waals surface area (Å²) in [4.78, 5) is 37.1. The summed E-state index contributed by atoms with van der Waals surface area (Å²) in [5, 5.41) is 9.68. The van der Waals surface area contributed by atoms with Crippen LogP contribution < -0.4 is 10.6 Å². The van der Waals surface area contributed by atoms with Crippen LogP contribution in [0.2, 0.25) is 0 Å². The number of nitrogens with one attached hydrogen (secondary N) is 2. The average molecular weight is 511 g/mol. The molecule has 2 aliphatic rings. The number of hydrogen-bond acceptors (Lipinski definition) is 7. The monoisotopic (exact) mass is 510 g/mol. The van der Waals surface area contributed by atoms with Crippen LogP contribution in [-0.2, 0) is 4.79 Å². The highest BCUT2D eigenvalue weighted by Crippen LogP contribution is 2.31. The maximum absolute atomic E-state index is 14.1. The zero-order valence-corrected chi connectivity index (χ0v) is 20.4. The minimum Gasteiger partial charge on any atom is -0.355 e. The van der Waals surface area contributed by atoms with E-state index in [1.165, 1.54) is 25.0 Å². The molecule has 0 radical (unpaired) electrons. The predicted molar refractivity (Wildman–Crippen MR) is 129 cm³/mol. The quantitative estimate of drug-likeness (QED) is 0.479. The SMILES string of the molecule is CC(NC(=O)C1CN(CC2CC2)CCC1NC(=O)c1cc(-c2ccc(F)cc2F)on1)c1ncccn1. The Labute approximate surface area is 212 Å². The zero-order chi connectivity index (χ0) is 25.9. The Morgan fingerprint density at radius 2 is 1.95 bits per heavy atom. The van der Waals surface area contributed by atoms with Gasteiger partial charge in [0.25, 0.3) is 5.91 Å². The predicted octanol–water partition coefficient (Wildman–Crippen LogP) is 3.12. The minimum absolute atomic E-state index is 0.00398. The van der Waals surface area contributed by atoms with Crippen molar-refractivity contribution in [2.24, 2.45) is 11.8 Å². The second-order valence-corrected chi connectivity index (χ2v) is 9.72. The van der Waals surface area contributed by atoms with Gasteiger partial charge in [0.05, 0.1) is 17.5 Å². The smallest absolute Gasteiger partial charge is 0.273 e. The molecule has 0 spiro atoms. The molecule has 2 N–H and O–H groups in total. The molecule has 194 valence electrons. The average Bonchev–Trinajstić information content (AvgIpc) is 3.57. The molecule has 5 rings (SSSR count). The number of hydrogen-bond donors (Lipinski definition) is 2. The first-order chi connectivity index (χ1) is 17.9. The number of piperidine rings is 1. The standard InChI is InChI=1S/C26H28F2N6O3/c1-15(24-29-8-2-9-30-24)31-25(35)19-14-34(13-16-3-4-16)10-7-21(19)32-26(36)22-12-23(37-33-22)18-6-5-17(27)11-20(18)28/h2,5-6,8-9,11-12,15-16,19,21H,3-4,7,10,13-14H2,1H3,(H,31,35)(H,32,36). The van der Waals surface area contributed by atoms with Crippen LogP contribution in [0.15, 0.2) is 47.2 Å². The van der Waals surface area contributed by atoms with E-state index in [9.17, 15) is 18.4 Å². The summed E-state index contributed by atoms with van der Waals surface area (Å²) < 4.78 is 32.5. The largest absolute Gasteiger partial charge is 0.355 e. The lowest BCUT2D eigenvalue weighted by molar-refractivity contribution is -0.128. The van der Waals surface area contributed by atoms with Gasteiger partial charge in [0, 0.05) is 50.2 Å². The van der Waals surface area contributed by atoms with Crippen molar-refractivity contribution in [3.8, 4) is 11.3 Å². The molecular formula is C26H28F2N6O3. The van der Waals surface area contributed by atoms with E-state index >= 15 is 0 Å². The Morgan fingerprint density at radius 3 is 2.68 bits per heavy atom. The number of carbonyl (C=O) groups excluding carboxylic acids is 2. The molecule has 11 heteroatoms. The van der Waals surface area contributed by atoms with Gasteiger partial charge in [-0.2, -0.15) is 0 Å². The zero-order valence-electron chi connectivity index (χ0n) is 20.4. The van der Waals surface area contributed by atoms with Gasteiger partial charge in [0.2, 0.25) is 5.91 Å². The lowest BCUT2D eigenvalue weighted by Gasteiger charge is -2.38. The molecule has 3 unspecified atom stereocenters. The molecule has 2 amide bonds. The van der Waals surface area contributed by atoms with Gasteiger partial charge in [-0.3, -0.25) is 9.59 Å². The molecule has 3 atom stereocenters. The molecule has 3 aromatic rings. The van der Waals surface area contributed by atoms with E-state index in [1.807, 2.05) is 6.92 Å². The number of aromatic nitrogens is 3. The van der Waals surface area contributed by atoms with Crippen molar-refractivity contribution in [2.45, 2.75) is 38.3 Å². The van der Waals surface area contributed by atoms with Gasteiger partial charge in [0.1, 0.15) is 17.5 Å². The summed E-state index contributed by atoms with van der Waals surface area (Å²) in [5.41, 5.74) is -0.0555. The molecular weight excluding hydrogens is 482 g/mol. The fraction of sp³-hybridized carbons (Fsp3) is 0.423. The molecule has 2 aromatic heterocycles. The minimum atomic E-state index is -0.820. The van der Waals surface area contributed by atoms with Crippen molar-refractivity contribution >= 4 is 11.8 Å². The van der Waals surface area contributed by atoms with E-state index in [0.717, 1.165) is 25.2 Å². The van der Waals surface area contributed by atoms with Crippen LogP contribution in [0.1, 0.15) is 48.5 Å². The number of nitrogens with zero attached hydrogens (tertiary/aromatic N) is 4. The first kappa shape index (κ1) is 24.9. The summed E-state index contributed by atoms with van der Waals surface area (Å²) >= 11 is 0. The van der Waals surface area contributed by atoms with Gasteiger partial charge < -0.3 is 20.1 Å². The summed E-state index contributed by atoms with van der Waals surface area (Å²) in [5.74, 6) is -1.58. The third kappa shape index (κ3) is 5.99. The first-order valence-electron chi connectivity index (χ1n) is 12.4. The Kier molecular flexibility index (Phi) is 7.22. The number of halogens is 2. The molecule has 37 heavy (non-hydrogen) atoms. The molecule has 1 saturated heterocycles. The van der Waals surface area contributed by atoms with Crippen LogP contribution in [0.3, 0.4) is 0 Å². The lowest BCUT2D eigenvalue weighted by Crippen LogP contribution is -2.56. The van der Waals surface area contributed by atoms with E-state index in [-0.39, 0.29) is 22.9 Å². The highest BCUT2D eigenvalue weighted by molar-refractivity contribution is 5.94. The Balaban J connectivity index is 1.29. The highest BCUT2D eigenvalue weighted by atomic mass is 19.1. The van der Waals surface area contributed by atoms with Crippen LogP contribution in [0.5, 0.6) is 0 Å². The van der Waals surface area contributed by atoms with Crippen LogP contribution in [-0.4, -0.2) is 57.5 Å². The van der Waals surface area contributed by atoms with E-state index in [1.54, 1.807) is 18.5 Å². The van der Waals surface area contributed by atoms with Crippen molar-refractivity contribution < 1.29 is 22.9 Å². The number of rotatable bonds is 8. The van der Waals surface area contributed by atoms with Gasteiger partial charge in [-0.1, -0.05) is 5.16 Å². The van der Waals surface area contributed by atoms with Crippen LogP contribution in [0.4, 0.5) is 8.78 Å². The summed E-state index contributed by atoms with van der Waals surface area (Å²) in [6.45, 7) is 4.03. The maximum Gasteiger partial charge on any atom is 0.273 e. The topological polar surface area (TPSA) is 113 Å². The fourth-order valence-corrected chi connectivity index (χ4v) is 4.65. The van der Waals surface area contributed by atoms with Gasteiger partial charge in [0.15, 0.2) is 11.5 Å². The Bertz CT molecular complexity index is 1270. The van der Waals surface area contributed by atoms with Gasteiger partial charge in [-0.25, -0.2) is 18.7 Å². The Hall–Kier alpha value is -3.73. The van der Waals surface area contributed by atoms with Crippen molar-refractivity contribution in [3.63, 3.8) is 0 Å². The van der Waals surface area contributed by atoms with Crippen molar-refractivity contribution in [3.05, 3.63) is 65.9 Å². The van der Waals surface area contributed by atoms with Crippen LogP contribution >= 0.6 is 0 Å². The third-order valence-electron chi connectivity index (χ3n) is 6.83. The molecule has 1 aliphatic heterocycles. The molecule has 1 aromatic carbocycles. The van der Waals surface area contributed by atoms with Crippen LogP contribution in [0.25, 0.3) is 11.3 Å². The van der Waals surface area contributed by atoms with Gasteiger partial charge >= 0.3 is 0 Å². The summed E-state index contributed by atoms with van der Waals surface area (Å²) in [6, 6.07) is 5.24. The Morgan fingerprint density at radius 1 is 1.16 bits per heavy atom. The van der Waals surface area contributed by atoms with Crippen molar-refractivity contribution in [2.75, 3.05) is 19.6 Å². The highest BCUT2D eigenvalue weighted by Gasteiger charge is 2.38. The van der Waals surface area contributed by atoms with E-state index in [2.05, 4.69) is 30.7 Å². The normalized spacial score (nSPS) is 20.8. The molecule has 3 heterocycles. The third-order valence-corrected chi connectivity index (χ3v) is 6.83. The fourth-order valence-electron chi connectivity index (χ4n) is 4.65. The lowest BCUT2D eigenvalue weighted by atomic mass is 9.90. The maximum atomic E-state index is 14.1. The number of likely N-dealkylation sites (tertiary alicyclic amines) is 1. The second kappa shape index (κ2) is 10.7. The van der Waals surface area contributed by atoms with E-state index in [0.29, 0.717) is 24.7 Å². The number of amides is 2. The summed E-state index contributed by atoms with van der Waals surface area (Å²) in [6.07, 6.45) is 6.24. The second-order valence-electron chi connectivity index (χ2n) is 9.72. The molecule has 9 nitrogen and oxygen atoms in total. The molecule has 2 fully saturated rings. The number of carbonyl (C=O) groups is 2. The van der Waals surface area contributed by atoms with Crippen molar-refractivity contribution in [1.29, 1.82) is 0 Å². The van der Waals surface area contributed by atoms with Crippen molar-refractivity contribution in [1.82, 2.24) is 30.7 Å². The van der Waals surface area contributed by atoms with Gasteiger partial charge in [-0.15, -0.1) is 0 Å². The molecule has 1 saturated carbocycles. The molecule has 0 bridgehead atoms. The molecule has 1 aliphatic carbocycles. The van der Waals surface area contributed by atoms with E-state index in [4.69, 9.17) is 4.52 Å². The van der Waals surface area contributed by atoms with Gasteiger partial charge in [-0.05, 0) is 50.3 Å². The van der Waals surface area contributed by atoms with E-state index < -0.39 is 35.5 Å². The first-order valence-corrected chi connectivity index (χ1v) is 12.4. The van der Waals surface area contributed by atoms with Crippen LogP contribution in [0, 0.1) is 23.5 Å².